The number of amides is 1. The number of carbonyl (C=O) groups is 1. The second-order valence-electron chi connectivity index (χ2n) is 4.03. The van der Waals surface area contributed by atoms with Crippen LogP contribution < -0.4 is 5.32 Å². The number of aliphatic hydroxyl groups excluding tert-OH is 1. The largest absolute Gasteiger partial charge is 0.393 e. The van der Waals surface area contributed by atoms with Crippen LogP contribution in [0.2, 0.25) is 0 Å². The van der Waals surface area contributed by atoms with Crippen LogP contribution in [0.5, 0.6) is 0 Å². The molecule has 1 unspecified atom stereocenters. The number of nitro benzene ring substituents is 1. The van der Waals surface area contributed by atoms with E-state index < -0.39 is 28.4 Å². The van der Waals surface area contributed by atoms with Gasteiger partial charge in [0.1, 0.15) is 11.4 Å². The zero-order chi connectivity index (χ0) is 14.4. The smallest absolute Gasteiger partial charge is 0.285 e. The van der Waals surface area contributed by atoms with Gasteiger partial charge in [-0.15, -0.1) is 0 Å². The highest BCUT2D eigenvalue weighted by Gasteiger charge is 2.20. The molecule has 0 aliphatic carbocycles. The lowest BCUT2D eigenvalue weighted by molar-refractivity contribution is -0.385. The Morgan fingerprint density at radius 3 is 2.84 bits per heavy atom. The SMILES string of the molecule is CCC(O)CCNC(=O)c1ccc(F)cc1[N+](=O)[O-]. The summed E-state index contributed by atoms with van der Waals surface area (Å²) in [5.41, 5.74) is -0.772. The highest BCUT2D eigenvalue weighted by atomic mass is 19.1. The van der Waals surface area contributed by atoms with Crippen LogP contribution in [0.3, 0.4) is 0 Å². The van der Waals surface area contributed by atoms with Crippen LogP contribution in [0.1, 0.15) is 30.1 Å². The lowest BCUT2D eigenvalue weighted by Crippen LogP contribution is -2.27. The van der Waals surface area contributed by atoms with Crippen molar-refractivity contribution in [2.75, 3.05) is 6.54 Å². The fourth-order valence-electron chi connectivity index (χ4n) is 1.50. The number of nitrogens with one attached hydrogen (secondary N) is 1. The van der Waals surface area contributed by atoms with Crippen LogP contribution in [0.4, 0.5) is 10.1 Å². The number of aliphatic hydroxyl groups is 1. The van der Waals surface area contributed by atoms with Gasteiger partial charge in [-0.25, -0.2) is 4.39 Å². The van der Waals surface area contributed by atoms with Crippen LogP contribution in [0.25, 0.3) is 0 Å². The number of halogens is 1. The number of rotatable bonds is 6. The molecule has 0 aromatic heterocycles. The lowest BCUT2D eigenvalue weighted by atomic mass is 10.1. The highest BCUT2D eigenvalue weighted by molar-refractivity contribution is 5.98. The Morgan fingerprint density at radius 1 is 1.58 bits per heavy atom. The highest BCUT2D eigenvalue weighted by Crippen LogP contribution is 2.19. The molecule has 0 saturated carbocycles. The molecule has 0 aliphatic heterocycles. The van der Waals surface area contributed by atoms with E-state index in [4.69, 9.17) is 0 Å². The summed E-state index contributed by atoms with van der Waals surface area (Å²) in [6.45, 7) is 2.00. The van der Waals surface area contributed by atoms with E-state index in [1.54, 1.807) is 6.92 Å². The van der Waals surface area contributed by atoms with E-state index in [2.05, 4.69) is 5.32 Å². The molecule has 1 rings (SSSR count). The maximum Gasteiger partial charge on any atom is 0.285 e. The van der Waals surface area contributed by atoms with Crippen molar-refractivity contribution in [2.45, 2.75) is 25.9 Å². The standard InChI is InChI=1S/C12H15FN2O4/c1-2-9(16)5-6-14-12(17)10-4-3-8(13)7-11(10)15(18)19/h3-4,7,9,16H,2,5-6H2,1H3,(H,14,17). The zero-order valence-corrected chi connectivity index (χ0v) is 10.4. The van der Waals surface area contributed by atoms with Gasteiger partial charge in [-0.3, -0.25) is 14.9 Å². The molecule has 19 heavy (non-hydrogen) atoms. The number of hydrogen-bond acceptors (Lipinski definition) is 4. The van der Waals surface area contributed by atoms with Gasteiger partial charge in [-0.1, -0.05) is 6.92 Å². The van der Waals surface area contributed by atoms with Gasteiger partial charge >= 0.3 is 0 Å². The molecule has 0 aliphatic rings. The quantitative estimate of drug-likeness (QED) is 0.607. The maximum absolute atomic E-state index is 12.9. The number of hydrogen-bond donors (Lipinski definition) is 2. The van der Waals surface area contributed by atoms with E-state index in [1.165, 1.54) is 0 Å². The van der Waals surface area contributed by atoms with Crippen LogP contribution in [-0.2, 0) is 0 Å². The van der Waals surface area contributed by atoms with E-state index in [9.17, 15) is 24.4 Å². The van der Waals surface area contributed by atoms with Crippen molar-refractivity contribution in [2.24, 2.45) is 0 Å². The van der Waals surface area contributed by atoms with E-state index in [0.717, 1.165) is 12.1 Å². The summed E-state index contributed by atoms with van der Waals surface area (Å²) < 4.78 is 12.9. The summed E-state index contributed by atoms with van der Waals surface area (Å²) in [4.78, 5) is 21.7. The molecule has 0 saturated heterocycles. The molecule has 0 heterocycles. The number of carbonyl (C=O) groups excluding carboxylic acids is 1. The second kappa shape index (κ2) is 6.79. The van der Waals surface area contributed by atoms with Crippen LogP contribution >= 0.6 is 0 Å². The van der Waals surface area contributed by atoms with Crippen LogP contribution in [-0.4, -0.2) is 28.6 Å². The minimum atomic E-state index is -0.807. The van der Waals surface area contributed by atoms with Gasteiger partial charge in [0.25, 0.3) is 11.6 Å². The third kappa shape index (κ3) is 4.29. The van der Waals surface area contributed by atoms with Crippen molar-refractivity contribution >= 4 is 11.6 Å². The van der Waals surface area contributed by atoms with Gasteiger partial charge in [0.2, 0.25) is 0 Å². The van der Waals surface area contributed by atoms with Crippen molar-refractivity contribution in [3.8, 4) is 0 Å². The fourth-order valence-corrected chi connectivity index (χ4v) is 1.50. The Kier molecular flexibility index (Phi) is 5.37. The van der Waals surface area contributed by atoms with Gasteiger partial charge in [0.15, 0.2) is 0 Å². The molecule has 2 N–H and O–H groups in total. The average Bonchev–Trinajstić information content (AvgIpc) is 2.38. The van der Waals surface area contributed by atoms with Gasteiger partial charge in [-0.2, -0.15) is 0 Å². The van der Waals surface area contributed by atoms with E-state index >= 15 is 0 Å². The molecule has 6 nitrogen and oxygen atoms in total. The Morgan fingerprint density at radius 2 is 2.26 bits per heavy atom. The third-order valence-corrected chi connectivity index (χ3v) is 2.64. The van der Waals surface area contributed by atoms with Crippen molar-refractivity contribution in [1.29, 1.82) is 0 Å². The second-order valence-corrected chi connectivity index (χ2v) is 4.03. The molecule has 1 amide bonds. The Labute approximate surface area is 109 Å². The molecule has 0 radical (unpaired) electrons. The summed E-state index contributed by atoms with van der Waals surface area (Å²) >= 11 is 0. The third-order valence-electron chi connectivity index (χ3n) is 2.64. The number of benzene rings is 1. The van der Waals surface area contributed by atoms with Gasteiger partial charge in [0.05, 0.1) is 17.1 Å². The van der Waals surface area contributed by atoms with Crippen molar-refractivity contribution in [3.05, 3.63) is 39.7 Å². The van der Waals surface area contributed by atoms with Crippen molar-refractivity contribution in [1.82, 2.24) is 5.32 Å². The minimum absolute atomic E-state index is 0.197. The predicted octanol–water partition coefficient (Wildman–Crippen LogP) is 1.62. The Balaban J connectivity index is 2.74. The zero-order valence-electron chi connectivity index (χ0n) is 10.4. The van der Waals surface area contributed by atoms with Gasteiger partial charge < -0.3 is 10.4 Å². The Hall–Kier alpha value is -2.02. The molecule has 104 valence electrons. The van der Waals surface area contributed by atoms with Crippen molar-refractivity contribution in [3.63, 3.8) is 0 Å². The molecule has 1 aromatic carbocycles. The summed E-state index contributed by atoms with van der Waals surface area (Å²) in [7, 11) is 0. The molecule has 0 fully saturated rings. The van der Waals surface area contributed by atoms with Gasteiger partial charge in [-0.05, 0) is 25.0 Å². The van der Waals surface area contributed by atoms with Crippen LogP contribution in [0.15, 0.2) is 18.2 Å². The first-order valence-electron chi connectivity index (χ1n) is 5.86. The summed E-state index contributed by atoms with van der Waals surface area (Å²) in [6.07, 6.45) is 0.396. The minimum Gasteiger partial charge on any atom is -0.393 e. The molecule has 0 spiro atoms. The summed E-state index contributed by atoms with van der Waals surface area (Å²) in [5.74, 6) is -1.43. The molecule has 1 atom stereocenters. The van der Waals surface area contributed by atoms with Gasteiger partial charge in [0, 0.05) is 6.54 Å². The Bertz CT molecular complexity index is 479. The molecule has 0 bridgehead atoms. The summed E-state index contributed by atoms with van der Waals surface area (Å²) in [5, 5.41) is 22.5. The van der Waals surface area contributed by atoms with Crippen molar-refractivity contribution < 1.29 is 19.2 Å². The van der Waals surface area contributed by atoms with E-state index in [1.807, 2.05) is 0 Å². The first-order valence-corrected chi connectivity index (χ1v) is 5.86. The monoisotopic (exact) mass is 270 g/mol. The molecule has 7 heteroatoms. The average molecular weight is 270 g/mol. The maximum atomic E-state index is 12.9. The van der Waals surface area contributed by atoms with Crippen LogP contribution in [0, 0.1) is 15.9 Å². The predicted molar refractivity (Wildman–Crippen MR) is 66.3 cm³/mol. The lowest BCUT2D eigenvalue weighted by Gasteiger charge is -2.09. The van der Waals surface area contributed by atoms with E-state index in [-0.39, 0.29) is 12.1 Å². The number of nitro groups is 1. The molecule has 1 aromatic rings. The number of nitrogens with zero attached hydrogens (tertiary/aromatic N) is 1. The topological polar surface area (TPSA) is 92.5 Å². The molecular formula is C12H15FN2O4. The first-order chi connectivity index (χ1) is 8.95. The normalized spacial score (nSPS) is 11.9. The molecular weight excluding hydrogens is 255 g/mol. The first kappa shape index (κ1) is 15.0. The summed E-state index contributed by atoms with van der Waals surface area (Å²) in [6, 6.07) is 2.76. The van der Waals surface area contributed by atoms with E-state index in [0.29, 0.717) is 18.9 Å². The fraction of sp³-hybridized carbons (Fsp3) is 0.417.